The van der Waals surface area contributed by atoms with Gasteiger partial charge in [-0.1, -0.05) is 60.2 Å². The summed E-state index contributed by atoms with van der Waals surface area (Å²) in [5, 5.41) is 6.37. The lowest BCUT2D eigenvalue weighted by Gasteiger charge is -2.28. The molecule has 1 aliphatic rings. The van der Waals surface area contributed by atoms with Gasteiger partial charge in [-0.15, -0.1) is 0 Å². The summed E-state index contributed by atoms with van der Waals surface area (Å²) in [7, 11) is 0. The number of benzene rings is 2. The van der Waals surface area contributed by atoms with E-state index in [2.05, 4.69) is 62.3 Å². The summed E-state index contributed by atoms with van der Waals surface area (Å²) in [5.74, 6) is 0.114. The van der Waals surface area contributed by atoms with E-state index >= 15 is 0 Å². The number of rotatable bonds is 5. The minimum atomic E-state index is -0.260. The van der Waals surface area contributed by atoms with Crippen molar-refractivity contribution in [1.29, 1.82) is 0 Å². The van der Waals surface area contributed by atoms with Gasteiger partial charge in [-0.2, -0.15) is 5.10 Å². The number of carbonyl (C=O) groups excluding carboxylic acids is 1. The van der Waals surface area contributed by atoms with Crippen molar-refractivity contribution >= 4 is 11.6 Å². The average Bonchev–Trinajstić information content (AvgIpc) is 2.92. The fourth-order valence-corrected chi connectivity index (χ4v) is 3.27. The Balaban J connectivity index is 1.65. The van der Waals surface area contributed by atoms with E-state index in [1.807, 2.05) is 18.2 Å². The number of aryl methyl sites for hydroxylation is 2. The molecule has 3 heteroatoms. The van der Waals surface area contributed by atoms with Gasteiger partial charge in [-0.3, -0.25) is 4.79 Å². The highest BCUT2D eigenvalue weighted by atomic mass is 16.2. The molecule has 1 aliphatic heterocycles. The Labute approximate surface area is 150 Å². The summed E-state index contributed by atoms with van der Waals surface area (Å²) in [6.07, 6.45) is 3.10. The van der Waals surface area contributed by atoms with Gasteiger partial charge in [0.25, 0.3) is 0 Å². The summed E-state index contributed by atoms with van der Waals surface area (Å²) in [6, 6.07) is 18.7. The number of hydrazone groups is 1. The van der Waals surface area contributed by atoms with Crippen molar-refractivity contribution in [2.24, 2.45) is 5.10 Å². The molecule has 25 heavy (non-hydrogen) atoms. The van der Waals surface area contributed by atoms with Crippen LogP contribution in [-0.2, 0) is 11.2 Å². The molecule has 1 amide bonds. The van der Waals surface area contributed by atoms with E-state index in [4.69, 9.17) is 0 Å². The molecule has 0 fully saturated rings. The van der Waals surface area contributed by atoms with Gasteiger partial charge in [0.1, 0.15) is 0 Å². The molecule has 0 aromatic heterocycles. The number of carbonyl (C=O) groups is 1. The van der Waals surface area contributed by atoms with Crippen LogP contribution < -0.4 is 0 Å². The molecule has 0 atom stereocenters. The average molecular weight is 334 g/mol. The maximum Gasteiger partial charge on any atom is 0.243 e. The predicted molar refractivity (Wildman–Crippen MR) is 103 cm³/mol. The minimum absolute atomic E-state index is 0.114. The summed E-state index contributed by atoms with van der Waals surface area (Å²) in [4.78, 5) is 12.7. The molecule has 0 saturated heterocycles. The zero-order valence-electron chi connectivity index (χ0n) is 15.3. The predicted octanol–water partition coefficient (Wildman–Crippen LogP) is 4.73. The molecule has 130 valence electrons. The van der Waals surface area contributed by atoms with E-state index in [1.165, 1.54) is 11.1 Å². The number of nitrogens with zero attached hydrogens (tertiary/aromatic N) is 2. The first-order chi connectivity index (χ1) is 12.0. The maximum atomic E-state index is 12.7. The molecule has 3 rings (SSSR count). The van der Waals surface area contributed by atoms with Gasteiger partial charge < -0.3 is 0 Å². The Bertz CT molecular complexity index is 760. The Kier molecular flexibility index (Phi) is 5.03. The molecule has 0 N–H and O–H groups in total. The minimum Gasteiger partial charge on any atom is -0.273 e. The molecular weight excluding hydrogens is 308 g/mol. The summed E-state index contributed by atoms with van der Waals surface area (Å²) >= 11 is 0. The largest absolute Gasteiger partial charge is 0.273 e. The molecule has 2 aromatic carbocycles. The fourth-order valence-electron chi connectivity index (χ4n) is 3.27. The van der Waals surface area contributed by atoms with Gasteiger partial charge in [0.05, 0.1) is 11.3 Å². The molecule has 0 saturated carbocycles. The second kappa shape index (κ2) is 7.22. The van der Waals surface area contributed by atoms with E-state index in [1.54, 1.807) is 5.01 Å². The van der Waals surface area contributed by atoms with Gasteiger partial charge in [0.2, 0.25) is 5.91 Å². The third-order valence-corrected chi connectivity index (χ3v) is 4.71. The molecule has 1 heterocycles. The van der Waals surface area contributed by atoms with E-state index < -0.39 is 0 Å². The zero-order chi connectivity index (χ0) is 17.9. The van der Waals surface area contributed by atoms with E-state index in [-0.39, 0.29) is 11.4 Å². The third-order valence-electron chi connectivity index (χ3n) is 4.71. The molecule has 0 aliphatic carbocycles. The SMILES string of the molecule is Cc1ccc(C2=NN(C(=O)CCCc3ccccc3)C(C)(C)C2)cc1. The summed E-state index contributed by atoms with van der Waals surface area (Å²) in [6.45, 7) is 6.26. The van der Waals surface area contributed by atoms with Gasteiger partial charge in [-0.25, -0.2) is 5.01 Å². The lowest BCUT2D eigenvalue weighted by molar-refractivity contribution is -0.135. The molecule has 0 radical (unpaired) electrons. The lowest BCUT2D eigenvalue weighted by atomic mass is 9.94. The Morgan fingerprint density at radius 2 is 1.76 bits per heavy atom. The van der Waals surface area contributed by atoms with Crippen molar-refractivity contribution in [3.8, 4) is 0 Å². The molecular formula is C22H26N2O. The van der Waals surface area contributed by atoms with Crippen LogP contribution in [0.3, 0.4) is 0 Å². The quantitative estimate of drug-likeness (QED) is 0.778. The van der Waals surface area contributed by atoms with Crippen molar-refractivity contribution in [3.05, 3.63) is 71.3 Å². The first kappa shape index (κ1) is 17.4. The number of hydrogen-bond acceptors (Lipinski definition) is 2. The van der Waals surface area contributed by atoms with Gasteiger partial charge in [0.15, 0.2) is 0 Å². The normalized spacial score (nSPS) is 16.0. The molecule has 0 bridgehead atoms. The van der Waals surface area contributed by atoms with E-state index in [0.29, 0.717) is 6.42 Å². The van der Waals surface area contributed by atoms with Crippen LogP contribution in [-0.4, -0.2) is 22.2 Å². The maximum absolute atomic E-state index is 12.7. The van der Waals surface area contributed by atoms with Crippen molar-refractivity contribution in [3.63, 3.8) is 0 Å². The van der Waals surface area contributed by atoms with Crippen molar-refractivity contribution in [2.75, 3.05) is 0 Å². The van der Waals surface area contributed by atoms with Crippen molar-refractivity contribution in [2.45, 2.75) is 52.0 Å². The lowest BCUT2D eigenvalue weighted by Crippen LogP contribution is -2.40. The first-order valence-electron chi connectivity index (χ1n) is 8.97. The zero-order valence-corrected chi connectivity index (χ0v) is 15.3. The highest BCUT2D eigenvalue weighted by molar-refractivity contribution is 6.03. The van der Waals surface area contributed by atoms with Crippen LogP contribution in [0.15, 0.2) is 59.7 Å². The second-order valence-electron chi connectivity index (χ2n) is 7.45. The van der Waals surface area contributed by atoms with Crippen LogP contribution in [0, 0.1) is 6.92 Å². The van der Waals surface area contributed by atoms with Gasteiger partial charge >= 0.3 is 0 Å². The van der Waals surface area contributed by atoms with Crippen LogP contribution in [0.5, 0.6) is 0 Å². The van der Waals surface area contributed by atoms with Crippen LogP contribution >= 0.6 is 0 Å². The van der Waals surface area contributed by atoms with Crippen LogP contribution in [0.25, 0.3) is 0 Å². The van der Waals surface area contributed by atoms with Crippen LogP contribution in [0.2, 0.25) is 0 Å². The topological polar surface area (TPSA) is 32.7 Å². The highest BCUT2D eigenvalue weighted by Crippen LogP contribution is 2.30. The van der Waals surface area contributed by atoms with E-state index in [0.717, 1.165) is 30.5 Å². The standard InChI is InChI=1S/C22H26N2O/c1-17-12-14-19(15-13-17)20-16-22(2,3)24(23-20)21(25)11-7-10-18-8-5-4-6-9-18/h4-6,8-9,12-15H,7,10-11,16H2,1-3H3. The molecule has 0 spiro atoms. The van der Waals surface area contributed by atoms with Crippen molar-refractivity contribution < 1.29 is 4.79 Å². The highest BCUT2D eigenvalue weighted by Gasteiger charge is 2.37. The van der Waals surface area contributed by atoms with E-state index in [9.17, 15) is 4.79 Å². The Hall–Kier alpha value is -2.42. The molecule has 2 aromatic rings. The monoisotopic (exact) mass is 334 g/mol. The van der Waals surface area contributed by atoms with Crippen LogP contribution in [0.1, 0.15) is 49.8 Å². The fraction of sp³-hybridized carbons (Fsp3) is 0.364. The third kappa shape index (κ3) is 4.16. The first-order valence-corrected chi connectivity index (χ1v) is 8.97. The van der Waals surface area contributed by atoms with Crippen molar-refractivity contribution in [1.82, 2.24) is 5.01 Å². The van der Waals surface area contributed by atoms with Crippen LogP contribution in [0.4, 0.5) is 0 Å². The Morgan fingerprint density at radius 3 is 2.44 bits per heavy atom. The van der Waals surface area contributed by atoms with Gasteiger partial charge in [0, 0.05) is 12.8 Å². The van der Waals surface area contributed by atoms with Gasteiger partial charge in [-0.05, 0) is 44.7 Å². The molecule has 3 nitrogen and oxygen atoms in total. The number of amides is 1. The summed E-state index contributed by atoms with van der Waals surface area (Å²) in [5.41, 5.74) is 4.36. The second-order valence-corrected chi connectivity index (χ2v) is 7.45. The number of hydrogen-bond donors (Lipinski definition) is 0. The molecule has 0 unspecified atom stereocenters. The smallest absolute Gasteiger partial charge is 0.243 e. The Morgan fingerprint density at radius 1 is 1.08 bits per heavy atom. The summed E-state index contributed by atoms with van der Waals surface area (Å²) < 4.78 is 0.